The van der Waals surface area contributed by atoms with Gasteiger partial charge in [0, 0.05) is 6.04 Å². The van der Waals surface area contributed by atoms with Gasteiger partial charge in [0.1, 0.15) is 5.54 Å². The summed E-state index contributed by atoms with van der Waals surface area (Å²) in [5, 5.41) is 15.0. The van der Waals surface area contributed by atoms with E-state index in [4.69, 9.17) is 0 Å². The summed E-state index contributed by atoms with van der Waals surface area (Å²) in [6.07, 6.45) is 3.77. The summed E-state index contributed by atoms with van der Waals surface area (Å²) in [5.41, 5.74) is -1.10. The number of hydrogen-bond donors (Lipinski definition) is 3. The molecule has 1 rings (SSSR count). The number of carboxylic acid groups (broad SMARTS) is 1. The maximum absolute atomic E-state index is 12.0. The molecule has 3 atom stereocenters. The lowest BCUT2D eigenvalue weighted by molar-refractivity contribution is -0.146. The summed E-state index contributed by atoms with van der Waals surface area (Å²) in [6, 6.07) is -0.323. The van der Waals surface area contributed by atoms with Gasteiger partial charge in [0.15, 0.2) is 0 Å². The van der Waals surface area contributed by atoms with E-state index in [0.717, 1.165) is 19.3 Å². The van der Waals surface area contributed by atoms with E-state index in [1.54, 1.807) is 0 Å². The van der Waals surface area contributed by atoms with Crippen molar-refractivity contribution in [2.24, 2.45) is 11.8 Å². The number of hydrogen-bond acceptors (Lipinski definition) is 2. The molecule has 0 aromatic carbocycles. The van der Waals surface area contributed by atoms with Crippen molar-refractivity contribution in [3.8, 4) is 0 Å². The minimum atomic E-state index is -1.10. The Bertz CT molecular complexity index is 357. The van der Waals surface area contributed by atoms with Crippen LogP contribution >= 0.6 is 0 Å². The predicted molar refractivity (Wildman–Crippen MR) is 78.6 cm³/mol. The highest BCUT2D eigenvalue weighted by molar-refractivity contribution is 5.86. The highest BCUT2D eigenvalue weighted by Crippen LogP contribution is 2.32. The van der Waals surface area contributed by atoms with Gasteiger partial charge in [-0.15, -0.1) is 0 Å². The fourth-order valence-corrected chi connectivity index (χ4v) is 3.16. The third-order valence-electron chi connectivity index (χ3n) is 3.96. The van der Waals surface area contributed by atoms with Crippen molar-refractivity contribution in [1.29, 1.82) is 0 Å². The van der Waals surface area contributed by atoms with E-state index >= 15 is 0 Å². The van der Waals surface area contributed by atoms with Gasteiger partial charge in [-0.1, -0.05) is 33.6 Å². The smallest absolute Gasteiger partial charge is 0.329 e. The normalized spacial score (nSPS) is 27.9. The van der Waals surface area contributed by atoms with Gasteiger partial charge in [-0.05, 0) is 38.0 Å². The number of carbonyl (C=O) groups excluding carboxylic acids is 1. The third-order valence-corrected chi connectivity index (χ3v) is 3.96. The molecule has 1 aliphatic carbocycles. The fraction of sp³-hybridized carbons (Fsp3) is 0.867. The van der Waals surface area contributed by atoms with E-state index in [2.05, 4.69) is 24.5 Å². The second-order valence-electron chi connectivity index (χ2n) is 6.72. The molecule has 5 nitrogen and oxygen atoms in total. The van der Waals surface area contributed by atoms with E-state index in [1.807, 2.05) is 13.8 Å². The number of amides is 2. The molecule has 0 aromatic heterocycles. The second kappa shape index (κ2) is 6.95. The van der Waals surface area contributed by atoms with Crippen molar-refractivity contribution in [1.82, 2.24) is 10.6 Å². The van der Waals surface area contributed by atoms with Crippen LogP contribution in [0.2, 0.25) is 0 Å². The Morgan fingerprint density at radius 2 is 2.00 bits per heavy atom. The van der Waals surface area contributed by atoms with Gasteiger partial charge in [-0.3, -0.25) is 0 Å². The zero-order valence-corrected chi connectivity index (χ0v) is 13.0. The van der Waals surface area contributed by atoms with Crippen molar-refractivity contribution in [3.63, 3.8) is 0 Å². The Morgan fingerprint density at radius 1 is 1.35 bits per heavy atom. The van der Waals surface area contributed by atoms with E-state index in [9.17, 15) is 14.7 Å². The maximum Gasteiger partial charge on any atom is 0.329 e. The molecule has 20 heavy (non-hydrogen) atoms. The Kier molecular flexibility index (Phi) is 5.84. The lowest BCUT2D eigenvalue weighted by Gasteiger charge is -2.37. The number of rotatable bonds is 5. The first-order chi connectivity index (χ1) is 9.25. The minimum Gasteiger partial charge on any atom is -0.480 e. The summed E-state index contributed by atoms with van der Waals surface area (Å²) in [6.45, 7) is 8.17. The van der Waals surface area contributed by atoms with E-state index in [1.165, 1.54) is 0 Å². The Balaban J connectivity index is 2.62. The van der Waals surface area contributed by atoms with Gasteiger partial charge < -0.3 is 15.7 Å². The molecular weight excluding hydrogens is 256 g/mol. The molecule has 0 heterocycles. The van der Waals surface area contributed by atoms with Crippen molar-refractivity contribution in [3.05, 3.63) is 0 Å². The predicted octanol–water partition coefficient (Wildman–Crippen LogP) is 2.75. The molecule has 1 fully saturated rings. The Hall–Kier alpha value is -1.26. The number of nitrogens with one attached hydrogen (secondary N) is 2. The van der Waals surface area contributed by atoms with Crippen LogP contribution in [0.25, 0.3) is 0 Å². The molecule has 0 aromatic rings. The molecule has 0 radical (unpaired) electrons. The average Bonchev–Trinajstić information content (AvgIpc) is 2.26. The van der Waals surface area contributed by atoms with Gasteiger partial charge in [0.05, 0.1) is 0 Å². The summed E-state index contributed by atoms with van der Waals surface area (Å²) in [4.78, 5) is 23.6. The van der Waals surface area contributed by atoms with Gasteiger partial charge in [-0.25, -0.2) is 9.59 Å². The fourth-order valence-electron chi connectivity index (χ4n) is 3.16. The van der Waals surface area contributed by atoms with E-state index in [-0.39, 0.29) is 12.1 Å². The standard InChI is InChI=1S/C15H28N2O3/c1-10(2)8-12(4)16-14(20)17-15(13(18)19)7-5-6-11(3)9-15/h10-12H,5-9H2,1-4H3,(H,18,19)(H2,16,17,20). The SMILES string of the molecule is CC(C)CC(C)NC(=O)NC1(C(=O)O)CCCC(C)C1. The lowest BCUT2D eigenvalue weighted by atomic mass is 9.76. The molecule has 0 saturated heterocycles. The van der Waals surface area contributed by atoms with Crippen molar-refractivity contribution in [2.75, 3.05) is 0 Å². The van der Waals surface area contributed by atoms with Crippen LogP contribution in [0.15, 0.2) is 0 Å². The summed E-state index contributed by atoms with van der Waals surface area (Å²) < 4.78 is 0. The van der Waals surface area contributed by atoms with Gasteiger partial charge in [0.25, 0.3) is 0 Å². The topological polar surface area (TPSA) is 78.4 Å². The molecule has 2 amide bonds. The molecule has 116 valence electrons. The van der Waals surface area contributed by atoms with Crippen LogP contribution in [0.4, 0.5) is 4.79 Å². The second-order valence-corrected chi connectivity index (χ2v) is 6.72. The maximum atomic E-state index is 12.0. The van der Waals surface area contributed by atoms with E-state index in [0.29, 0.717) is 24.7 Å². The highest BCUT2D eigenvalue weighted by Gasteiger charge is 2.43. The number of carbonyl (C=O) groups is 2. The summed E-state index contributed by atoms with van der Waals surface area (Å²) >= 11 is 0. The molecular formula is C15H28N2O3. The molecule has 1 aliphatic rings. The molecule has 5 heteroatoms. The molecule has 3 unspecified atom stereocenters. The monoisotopic (exact) mass is 284 g/mol. The molecule has 1 saturated carbocycles. The number of carboxylic acids is 1. The first-order valence-corrected chi connectivity index (χ1v) is 7.57. The van der Waals surface area contributed by atoms with Crippen LogP contribution in [-0.4, -0.2) is 28.7 Å². The van der Waals surface area contributed by atoms with Gasteiger partial charge in [0.2, 0.25) is 0 Å². The lowest BCUT2D eigenvalue weighted by Crippen LogP contribution is -2.59. The van der Waals surface area contributed by atoms with Crippen molar-refractivity contribution < 1.29 is 14.7 Å². The van der Waals surface area contributed by atoms with E-state index < -0.39 is 11.5 Å². The molecule has 0 bridgehead atoms. The zero-order valence-electron chi connectivity index (χ0n) is 13.0. The van der Waals surface area contributed by atoms with Crippen molar-refractivity contribution >= 4 is 12.0 Å². The third kappa shape index (κ3) is 4.69. The first kappa shape index (κ1) is 16.8. The largest absolute Gasteiger partial charge is 0.480 e. The van der Waals surface area contributed by atoms with Crippen molar-refractivity contribution in [2.45, 2.75) is 71.4 Å². The van der Waals surface area contributed by atoms with Crippen LogP contribution in [0.1, 0.15) is 59.8 Å². The van der Waals surface area contributed by atoms with Gasteiger partial charge >= 0.3 is 12.0 Å². The molecule has 0 aliphatic heterocycles. The van der Waals surface area contributed by atoms with Crippen LogP contribution in [-0.2, 0) is 4.79 Å². The quantitative estimate of drug-likeness (QED) is 0.726. The average molecular weight is 284 g/mol. The number of urea groups is 1. The number of aliphatic carboxylic acids is 1. The van der Waals surface area contributed by atoms with Crippen LogP contribution in [0, 0.1) is 11.8 Å². The Labute approximate surface area is 121 Å². The van der Waals surface area contributed by atoms with Crippen LogP contribution in [0.3, 0.4) is 0 Å². The minimum absolute atomic E-state index is 0.0434. The van der Waals surface area contributed by atoms with Crippen LogP contribution in [0.5, 0.6) is 0 Å². The summed E-state index contributed by atoms with van der Waals surface area (Å²) in [7, 11) is 0. The van der Waals surface area contributed by atoms with Crippen LogP contribution < -0.4 is 10.6 Å². The Morgan fingerprint density at radius 3 is 2.50 bits per heavy atom. The molecule has 0 spiro atoms. The molecule has 3 N–H and O–H groups in total. The summed E-state index contributed by atoms with van der Waals surface area (Å²) in [5.74, 6) is -0.0996. The first-order valence-electron chi connectivity index (χ1n) is 7.57. The highest BCUT2D eigenvalue weighted by atomic mass is 16.4. The van der Waals surface area contributed by atoms with Gasteiger partial charge in [-0.2, -0.15) is 0 Å². The zero-order chi connectivity index (χ0) is 15.3.